The molecule has 1 amide bonds. The summed E-state index contributed by atoms with van der Waals surface area (Å²) in [5.74, 6) is -0.725. The summed E-state index contributed by atoms with van der Waals surface area (Å²) < 4.78 is 4.37. The van der Waals surface area contributed by atoms with Crippen LogP contribution in [0.3, 0.4) is 0 Å². The molecule has 0 aromatic heterocycles. The maximum Gasteiger partial charge on any atom is 0.325 e. The van der Waals surface area contributed by atoms with Gasteiger partial charge in [-0.2, -0.15) is 0 Å². The number of rotatable bonds is 4. The maximum absolute atomic E-state index is 11.2. The van der Waals surface area contributed by atoms with Crippen LogP contribution in [-0.2, 0) is 14.3 Å². The van der Waals surface area contributed by atoms with E-state index in [0.29, 0.717) is 0 Å². The summed E-state index contributed by atoms with van der Waals surface area (Å²) in [6.07, 6.45) is 2.88. The highest BCUT2D eigenvalue weighted by atomic mass is 16.5. The quantitative estimate of drug-likeness (QED) is 0.595. The number of benzene rings is 1. The highest BCUT2D eigenvalue weighted by Gasteiger charge is 2.01. The van der Waals surface area contributed by atoms with Crippen molar-refractivity contribution in [2.75, 3.05) is 13.7 Å². The first kappa shape index (κ1) is 12.8. The van der Waals surface area contributed by atoms with Gasteiger partial charge in [0.25, 0.3) is 0 Å². The molecule has 5 nitrogen and oxygen atoms in total. The number of carbonyl (C=O) groups excluding carboxylic acids is 2. The van der Waals surface area contributed by atoms with E-state index in [0.717, 1.165) is 5.56 Å². The van der Waals surface area contributed by atoms with Crippen LogP contribution in [0.1, 0.15) is 5.56 Å². The van der Waals surface area contributed by atoms with Crippen LogP contribution >= 0.6 is 0 Å². The molecule has 0 aliphatic heterocycles. The second-order valence-electron chi connectivity index (χ2n) is 3.22. The molecule has 0 heterocycles. The molecule has 0 aliphatic carbocycles. The molecule has 0 saturated carbocycles. The number of phenols is 1. The van der Waals surface area contributed by atoms with E-state index in [-0.39, 0.29) is 18.2 Å². The second kappa shape index (κ2) is 6.32. The van der Waals surface area contributed by atoms with Gasteiger partial charge in [0.15, 0.2) is 0 Å². The smallest absolute Gasteiger partial charge is 0.325 e. The van der Waals surface area contributed by atoms with Crippen molar-refractivity contribution in [1.29, 1.82) is 0 Å². The second-order valence-corrected chi connectivity index (χ2v) is 3.22. The third-order valence-corrected chi connectivity index (χ3v) is 1.95. The van der Waals surface area contributed by atoms with Gasteiger partial charge < -0.3 is 15.2 Å². The fraction of sp³-hybridized carbons (Fsp3) is 0.167. The number of ether oxygens (including phenoxy) is 1. The van der Waals surface area contributed by atoms with Crippen LogP contribution < -0.4 is 5.32 Å². The monoisotopic (exact) mass is 235 g/mol. The van der Waals surface area contributed by atoms with Gasteiger partial charge in [0.05, 0.1) is 7.11 Å². The fourth-order valence-electron chi connectivity index (χ4n) is 1.05. The van der Waals surface area contributed by atoms with E-state index in [1.165, 1.54) is 25.3 Å². The zero-order chi connectivity index (χ0) is 12.7. The molecule has 90 valence electrons. The Balaban J connectivity index is 2.45. The average Bonchev–Trinajstić information content (AvgIpc) is 2.35. The fourth-order valence-corrected chi connectivity index (χ4v) is 1.05. The van der Waals surface area contributed by atoms with E-state index >= 15 is 0 Å². The van der Waals surface area contributed by atoms with Gasteiger partial charge in [-0.3, -0.25) is 9.59 Å². The largest absolute Gasteiger partial charge is 0.508 e. The van der Waals surface area contributed by atoms with Gasteiger partial charge in [0.1, 0.15) is 12.3 Å². The molecule has 2 N–H and O–H groups in total. The van der Waals surface area contributed by atoms with Gasteiger partial charge in [-0.25, -0.2) is 0 Å². The van der Waals surface area contributed by atoms with Gasteiger partial charge in [0.2, 0.25) is 5.91 Å². The molecule has 0 unspecified atom stereocenters. The summed E-state index contributed by atoms with van der Waals surface area (Å²) in [7, 11) is 1.25. The molecule has 0 fully saturated rings. The van der Waals surface area contributed by atoms with Crippen LogP contribution in [0, 0.1) is 0 Å². The maximum atomic E-state index is 11.2. The molecule has 0 atom stereocenters. The van der Waals surface area contributed by atoms with Crippen LogP contribution in [0.25, 0.3) is 6.08 Å². The van der Waals surface area contributed by atoms with Crippen molar-refractivity contribution in [2.24, 2.45) is 0 Å². The molecule has 17 heavy (non-hydrogen) atoms. The summed E-state index contributed by atoms with van der Waals surface area (Å²) >= 11 is 0. The van der Waals surface area contributed by atoms with Crippen LogP contribution in [0.15, 0.2) is 30.3 Å². The number of carbonyl (C=O) groups is 2. The number of hydrogen-bond donors (Lipinski definition) is 2. The number of amides is 1. The lowest BCUT2D eigenvalue weighted by Crippen LogP contribution is -2.28. The van der Waals surface area contributed by atoms with Crippen LogP contribution in [0.2, 0.25) is 0 Å². The number of esters is 1. The Morgan fingerprint density at radius 1 is 1.35 bits per heavy atom. The molecule has 0 spiro atoms. The van der Waals surface area contributed by atoms with Crippen molar-refractivity contribution >= 4 is 18.0 Å². The van der Waals surface area contributed by atoms with Crippen molar-refractivity contribution in [3.05, 3.63) is 35.9 Å². The third kappa shape index (κ3) is 4.83. The average molecular weight is 235 g/mol. The lowest BCUT2D eigenvalue weighted by Gasteiger charge is -1.99. The van der Waals surface area contributed by atoms with E-state index in [9.17, 15) is 9.59 Å². The number of phenolic OH excluding ortho intramolecular Hbond substituents is 1. The van der Waals surface area contributed by atoms with E-state index in [1.54, 1.807) is 18.2 Å². The predicted octanol–water partition coefficient (Wildman–Crippen LogP) is 0.695. The molecule has 0 radical (unpaired) electrons. The number of aromatic hydroxyl groups is 1. The minimum absolute atomic E-state index is 0.157. The summed E-state index contributed by atoms with van der Waals surface area (Å²) in [5.41, 5.74) is 0.774. The number of methoxy groups -OCH3 is 1. The van der Waals surface area contributed by atoms with Crippen molar-refractivity contribution in [3.8, 4) is 5.75 Å². The van der Waals surface area contributed by atoms with Crippen molar-refractivity contribution in [1.82, 2.24) is 5.32 Å². The molecular weight excluding hydrogens is 222 g/mol. The SMILES string of the molecule is COC(=O)CNC(=O)/C=C/c1ccc(O)cc1. The highest BCUT2D eigenvalue weighted by molar-refractivity contribution is 5.93. The summed E-state index contributed by atoms with van der Waals surface area (Å²) in [4.78, 5) is 22.0. The van der Waals surface area contributed by atoms with Gasteiger partial charge in [-0.05, 0) is 23.8 Å². The number of hydrogen-bond acceptors (Lipinski definition) is 4. The van der Waals surface area contributed by atoms with E-state index in [1.807, 2.05) is 0 Å². The predicted molar refractivity (Wildman–Crippen MR) is 62.2 cm³/mol. The summed E-state index contributed by atoms with van der Waals surface area (Å²) in [5, 5.41) is 11.4. The molecule has 0 bridgehead atoms. The van der Waals surface area contributed by atoms with Crippen LogP contribution in [0.4, 0.5) is 0 Å². The van der Waals surface area contributed by atoms with Crippen molar-refractivity contribution < 1.29 is 19.4 Å². The lowest BCUT2D eigenvalue weighted by atomic mass is 10.2. The van der Waals surface area contributed by atoms with Crippen molar-refractivity contribution in [3.63, 3.8) is 0 Å². The topological polar surface area (TPSA) is 75.6 Å². The van der Waals surface area contributed by atoms with Gasteiger partial charge in [0, 0.05) is 6.08 Å². The highest BCUT2D eigenvalue weighted by Crippen LogP contribution is 2.10. The van der Waals surface area contributed by atoms with Crippen molar-refractivity contribution in [2.45, 2.75) is 0 Å². The first-order chi connectivity index (χ1) is 8.11. The molecular formula is C12H13NO4. The molecule has 0 saturated heterocycles. The molecule has 1 aromatic carbocycles. The van der Waals surface area contributed by atoms with E-state index in [2.05, 4.69) is 10.1 Å². The summed E-state index contributed by atoms with van der Waals surface area (Å²) in [6.45, 7) is -0.157. The minimum Gasteiger partial charge on any atom is -0.508 e. The van der Waals surface area contributed by atoms with Crippen LogP contribution in [-0.4, -0.2) is 30.6 Å². The Labute approximate surface area is 98.7 Å². The first-order valence-corrected chi connectivity index (χ1v) is 4.93. The molecule has 0 aliphatic rings. The van der Waals surface area contributed by atoms with E-state index in [4.69, 9.17) is 5.11 Å². The zero-order valence-electron chi connectivity index (χ0n) is 9.34. The Morgan fingerprint density at radius 2 is 2.00 bits per heavy atom. The standard InChI is InChI=1S/C12H13NO4/c1-17-12(16)8-13-11(15)7-4-9-2-5-10(14)6-3-9/h2-7,14H,8H2,1H3,(H,13,15)/b7-4+. The Kier molecular flexibility index (Phi) is 4.75. The third-order valence-electron chi connectivity index (χ3n) is 1.95. The summed E-state index contributed by atoms with van der Waals surface area (Å²) in [6, 6.07) is 6.37. The van der Waals surface area contributed by atoms with Crippen LogP contribution in [0.5, 0.6) is 5.75 Å². The molecule has 1 aromatic rings. The van der Waals surface area contributed by atoms with Gasteiger partial charge in [-0.15, -0.1) is 0 Å². The number of nitrogens with one attached hydrogen (secondary N) is 1. The van der Waals surface area contributed by atoms with E-state index < -0.39 is 5.97 Å². The first-order valence-electron chi connectivity index (χ1n) is 4.93. The zero-order valence-corrected chi connectivity index (χ0v) is 9.34. The minimum atomic E-state index is -0.503. The Bertz CT molecular complexity index is 423. The Hall–Kier alpha value is -2.30. The normalized spacial score (nSPS) is 10.2. The molecule has 1 rings (SSSR count). The molecule has 5 heteroatoms. The lowest BCUT2D eigenvalue weighted by molar-refractivity contribution is -0.140. The van der Waals surface area contributed by atoms with Gasteiger partial charge >= 0.3 is 5.97 Å². The van der Waals surface area contributed by atoms with Gasteiger partial charge in [-0.1, -0.05) is 12.1 Å². The Morgan fingerprint density at radius 3 is 2.59 bits per heavy atom.